The van der Waals surface area contributed by atoms with Gasteiger partial charge in [0, 0.05) is 19.5 Å². The number of hydrogen-bond acceptors (Lipinski definition) is 3. The zero-order valence-corrected chi connectivity index (χ0v) is 11.5. The van der Waals surface area contributed by atoms with Crippen molar-refractivity contribution in [3.8, 4) is 0 Å². The molecule has 1 saturated heterocycles. The number of hydrogen-bond donors (Lipinski definition) is 1. The van der Waals surface area contributed by atoms with Crippen LogP contribution in [0.4, 0.5) is 0 Å². The van der Waals surface area contributed by atoms with E-state index in [2.05, 4.69) is 4.72 Å². The lowest BCUT2D eigenvalue weighted by Gasteiger charge is -2.25. The Morgan fingerprint density at radius 1 is 1.06 bits per heavy atom. The zero-order chi connectivity index (χ0) is 13.0. The molecule has 0 unspecified atom stereocenters. The molecule has 2 fully saturated rings. The fraction of sp³-hybridized carbons (Fsp3) is 0.917. The first kappa shape index (κ1) is 13.8. The molecular formula is C12H22N2O3S. The van der Waals surface area contributed by atoms with E-state index in [-0.39, 0.29) is 5.91 Å². The minimum atomic E-state index is -3.59. The minimum absolute atomic E-state index is 0.340. The number of carbonyl (C=O) groups is 1. The van der Waals surface area contributed by atoms with Gasteiger partial charge in [0.1, 0.15) is 0 Å². The van der Waals surface area contributed by atoms with Crippen LogP contribution in [-0.2, 0) is 15.0 Å². The molecule has 0 aromatic carbocycles. The van der Waals surface area contributed by atoms with Crippen LogP contribution in [-0.4, -0.2) is 31.7 Å². The van der Waals surface area contributed by atoms with Crippen molar-refractivity contribution in [1.29, 1.82) is 0 Å². The summed E-state index contributed by atoms with van der Waals surface area (Å²) in [5, 5.41) is 0. The molecule has 0 aromatic rings. The van der Waals surface area contributed by atoms with Gasteiger partial charge in [0.05, 0.1) is 0 Å². The molecule has 5 nitrogen and oxygen atoms in total. The highest BCUT2D eigenvalue weighted by atomic mass is 32.2. The second-order valence-corrected chi connectivity index (χ2v) is 7.02. The number of carbonyl (C=O) groups excluding carboxylic acids is 1. The SMILES string of the molecule is O=C(CC1CCCC1)NS(=O)(=O)N1CCCCC1. The van der Waals surface area contributed by atoms with Gasteiger partial charge in [0.2, 0.25) is 5.91 Å². The van der Waals surface area contributed by atoms with Crippen molar-refractivity contribution in [3.05, 3.63) is 0 Å². The second kappa shape index (κ2) is 6.02. The summed E-state index contributed by atoms with van der Waals surface area (Å²) >= 11 is 0. The predicted molar refractivity (Wildman–Crippen MR) is 69.1 cm³/mol. The quantitative estimate of drug-likeness (QED) is 0.843. The molecule has 1 aliphatic carbocycles. The Morgan fingerprint density at radius 2 is 1.67 bits per heavy atom. The van der Waals surface area contributed by atoms with Crippen LogP contribution in [0.1, 0.15) is 51.4 Å². The van der Waals surface area contributed by atoms with Crippen LogP contribution >= 0.6 is 0 Å². The Bertz CT molecular complexity index is 382. The summed E-state index contributed by atoms with van der Waals surface area (Å²) in [4.78, 5) is 11.7. The van der Waals surface area contributed by atoms with E-state index in [1.54, 1.807) is 0 Å². The number of nitrogens with one attached hydrogen (secondary N) is 1. The Labute approximate surface area is 109 Å². The normalized spacial score (nSPS) is 23.1. The third-order valence-corrected chi connectivity index (χ3v) is 5.38. The Kier molecular flexibility index (Phi) is 4.61. The molecule has 0 spiro atoms. The molecule has 104 valence electrons. The maximum Gasteiger partial charge on any atom is 0.303 e. The van der Waals surface area contributed by atoms with E-state index >= 15 is 0 Å². The van der Waals surface area contributed by atoms with Crippen LogP contribution in [0.15, 0.2) is 0 Å². The average molecular weight is 274 g/mol. The first-order chi connectivity index (χ1) is 8.58. The summed E-state index contributed by atoms with van der Waals surface area (Å²) in [5.41, 5.74) is 0. The molecule has 1 aliphatic heterocycles. The molecule has 0 aromatic heterocycles. The van der Waals surface area contributed by atoms with E-state index in [9.17, 15) is 13.2 Å². The molecule has 6 heteroatoms. The summed E-state index contributed by atoms with van der Waals surface area (Å²) in [6.07, 6.45) is 7.63. The summed E-state index contributed by atoms with van der Waals surface area (Å²) in [5.74, 6) is 0.0361. The monoisotopic (exact) mass is 274 g/mol. The van der Waals surface area contributed by atoms with Gasteiger partial charge in [-0.15, -0.1) is 0 Å². The number of nitrogens with zero attached hydrogens (tertiary/aromatic N) is 1. The molecule has 1 heterocycles. The lowest BCUT2D eigenvalue weighted by atomic mass is 10.0. The molecule has 0 bridgehead atoms. The third kappa shape index (κ3) is 3.68. The molecule has 1 N–H and O–H groups in total. The predicted octanol–water partition coefficient (Wildman–Crippen LogP) is 1.41. The molecular weight excluding hydrogens is 252 g/mol. The number of piperidine rings is 1. The van der Waals surface area contributed by atoms with Gasteiger partial charge in [0.15, 0.2) is 0 Å². The molecule has 1 amide bonds. The highest BCUT2D eigenvalue weighted by Crippen LogP contribution is 2.27. The van der Waals surface area contributed by atoms with Crippen LogP contribution < -0.4 is 4.72 Å². The highest BCUT2D eigenvalue weighted by molar-refractivity contribution is 7.87. The maximum atomic E-state index is 12.0. The first-order valence-corrected chi connectivity index (χ1v) is 8.32. The average Bonchev–Trinajstić information content (AvgIpc) is 2.82. The standard InChI is InChI=1S/C12H22N2O3S/c15-12(10-11-6-2-3-7-11)13-18(16,17)14-8-4-1-5-9-14/h11H,1-10H2,(H,13,15). The van der Waals surface area contributed by atoms with Crippen LogP contribution in [0.25, 0.3) is 0 Å². The van der Waals surface area contributed by atoms with Gasteiger partial charge in [0.25, 0.3) is 0 Å². The van der Waals surface area contributed by atoms with Crippen molar-refractivity contribution < 1.29 is 13.2 Å². The molecule has 1 saturated carbocycles. The van der Waals surface area contributed by atoms with E-state index in [1.165, 1.54) is 4.31 Å². The number of rotatable bonds is 4. The number of amides is 1. The first-order valence-electron chi connectivity index (χ1n) is 6.88. The summed E-state index contributed by atoms with van der Waals surface area (Å²) in [6.45, 7) is 1.07. The van der Waals surface area contributed by atoms with Gasteiger partial charge in [-0.3, -0.25) is 4.79 Å². The van der Waals surface area contributed by atoms with Gasteiger partial charge in [-0.2, -0.15) is 12.7 Å². The van der Waals surface area contributed by atoms with E-state index < -0.39 is 10.2 Å². The zero-order valence-electron chi connectivity index (χ0n) is 10.7. The van der Waals surface area contributed by atoms with Gasteiger partial charge in [-0.1, -0.05) is 19.3 Å². The Hall–Kier alpha value is -0.620. The fourth-order valence-electron chi connectivity index (χ4n) is 2.83. The van der Waals surface area contributed by atoms with Gasteiger partial charge >= 0.3 is 10.2 Å². The van der Waals surface area contributed by atoms with Crippen molar-refractivity contribution in [3.63, 3.8) is 0 Å². The van der Waals surface area contributed by atoms with Crippen LogP contribution in [0.3, 0.4) is 0 Å². The highest BCUT2D eigenvalue weighted by Gasteiger charge is 2.27. The van der Waals surface area contributed by atoms with E-state index in [0.29, 0.717) is 25.4 Å². The van der Waals surface area contributed by atoms with Crippen molar-refractivity contribution in [2.24, 2.45) is 5.92 Å². The Morgan fingerprint density at radius 3 is 2.28 bits per heavy atom. The lowest BCUT2D eigenvalue weighted by molar-refractivity contribution is -0.120. The van der Waals surface area contributed by atoms with E-state index in [1.807, 2.05) is 0 Å². The van der Waals surface area contributed by atoms with E-state index in [0.717, 1.165) is 44.9 Å². The maximum absolute atomic E-state index is 12.0. The Balaban J connectivity index is 1.84. The molecule has 0 radical (unpaired) electrons. The van der Waals surface area contributed by atoms with Gasteiger partial charge in [-0.25, -0.2) is 4.72 Å². The molecule has 2 aliphatic rings. The third-order valence-electron chi connectivity index (χ3n) is 3.85. The van der Waals surface area contributed by atoms with Crippen LogP contribution in [0.5, 0.6) is 0 Å². The van der Waals surface area contributed by atoms with Crippen LogP contribution in [0, 0.1) is 5.92 Å². The topological polar surface area (TPSA) is 66.5 Å². The van der Waals surface area contributed by atoms with Gasteiger partial charge < -0.3 is 0 Å². The van der Waals surface area contributed by atoms with Crippen molar-refractivity contribution in [1.82, 2.24) is 9.03 Å². The van der Waals surface area contributed by atoms with Crippen molar-refractivity contribution >= 4 is 16.1 Å². The van der Waals surface area contributed by atoms with E-state index in [4.69, 9.17) is 0 Å². The van der Waals surface area contributed by atoms with Crippen LogP contribution in [0.2, 0.25) is 0 Å². The molecule has 0 atom stereocenters. The minimum Gasteiger partial charge on any atom is -0.274 e. The summed E-state index contributed by atoms with van der Waals surface area (Å²) < 4.78 is 27.5. The lowest BCUT2D eigenvalue weighted by Crippen LogP contribution is -2.45. The van der Waals surface area contributed by atoms with Gasteiger partial charge in [-0.05, 0) is 31.6 Å². The molecule has 2 rings (SSSR count). The van der Waals surface area contributed by atoms with Crippen molar-refractivity contribution in [2.75, 3.05) is 13.1 Å². The van der Waals surface area contributed by atoms with Crippen molar-refractivity contribution in [2.45, 2.75) is 51.4 Å². The fourth-order valence-corrected chi connectivity index (χ4v) is 4.07. The smallest absolute Gasteiger partial charge is 0.274 e. The largest absolute Gasteiger partial charge is 0.303 e. The summed E-state index contributed by atoms with van der Waals surface area (Å²) in [6, 6.07) is 0. The summed E-state index contributed by atoms with van der Waals surface area (Å²) in [7, 11) is -3.59. The second-order valence-electron chi connectivity index (χ2n) is 5.34. The molecule has 18 heavy (non-hydrogen) atoms.